The van der Waals surface area contributed by atoms with Gasteiger partial charge in [0.25, 0.3) is 0 Å². The molecule has 5 unspecified atom stereocenters. The first-order chi connectivity index (χ1) is 9.99. The highest BCUT2D eigenvalue weighted by Gasteiger charge is 2.52. The predicted molar refractivity (Wildman–Crippen MR) is 79.0 cm³/mol. The van der Waals surface area contributed by atoms with Crippen LogP contribution in [0.5, 0.6) is 0 Å². The minimum Gasteiger partial charge on any atom is -0.481 e. The molecule has 2 aliphatic heterocycles. The van der Waals surface area contributed by atoms with E-state index in [0.717, 1.165) is 25.7 Å². The van der Waals surface area contributed by atoms with Gasteiger partial charge in [-0.15, -0.1) is 0 Å². The van der Waals surface area contributed by atoms with Crippen LogP contribution in [0.4, 0.5) is 4.79 Å². The summed E-state index contributed by atoms with van der Waals surface area (Å²) in [6, 6.07) is 0.449. The third kappa shape index (κ3) is 2.51. The Morgan fingerprint density at radius 3 is 2.52 bits per heavy atom. The Labute approximate surface area is 126 Å². The Kier molecular flexibility index (Phi) is 3.84. The fourth-order valence-corrected chi connectivity index (χ4v) is 4.64. The van der Waals surface area contributed by atoms with Crippen LogP contribution in [0.15, 0.2) is 0 Å². The summed E-state index contributed by atoms with van der Waals surface area (Å²) < 4.78 is 0. The first-order valence-corrected chi connectivity index (χ1v) is 8.27. The van der Waals surface area contributed by atoms with E-state index < -0.39 is 5.97 Å². The average molecular weight is 294 g/mol. The van der Waals surface area contributed by atoms with Crippen LogP contribution in [0, 0.1) is 11.8 Å². The van der Waals surface area contributed by atoms with Gasteiger partial charge in [-0.05, 0) is 38.0 Å². The zero-order valence-corrected chi connectivity index (χ0v) is 13.0. The van der Waals surface area contributed by atoms with Crippen molar-refractivity contribution in [3.05, 3.63) is 0 Å². The van der Waals surface area contributed by atoms with Gasteiger partial charge in [-0.2, -0.15) is 0 Å². The van der Waals surface area contributed by atoms with E-state index in [2.05, 4.69) is 6.92 Å². The van der Waals surface area contributed by atoms with E-state index >= 15 is 0 Å². The second-order valence-corrected chi connectivity index (χ2v) is 7.21. The molecule has 1 saturated carbocycles. The summed E-state index contributed by atoms with van der Waals surface area (Å²) in [6.07, 6.45) is 7.06. The number of carboxylic acids is 1. The maximum atomic E-state index is 12.8. The molecule has 5 heteroatoms. The molecule has 1 aliphatic carbocycles. The summed E-state index contributed by atoms with van der Waals surface area (Å²) in [7, 11) is 1.90. The maximum absolute atomic E-state index is 12.8. The molecule has 0 aromatic rings. The molecular weight excluding hydrogens is 268 g/mol. The summed E-state index contributed by atoms with van der Waals surface area (Å²) in [5.74, 6) is -0.415. The number of carbonyl (C=O) groups excluding carboxylic acids is 1. The number of aliphatic carboxylic acids is 1. The lowest BCUT2D eigenvalue weighted by Gasteiger charge is -2.37. The number of amides is 2. The number of carboxylic acid groups (broad SMARTS) is 1. The molecule has 0 spiro atoms. The predicted octanol–water partition coefficient (Wildman–Crippen LogP) is 2.55. The van der Waals surface area contributed by atoms with Gasteiger partial charge in [-0.25, -0.2) is 4.79 Å². The van der Waals surface area contributed by atoms with Crippen LogP contribution in [0.1, 0.15) is 51.9 Å². The van der Waals surface area contributed by atoms with E-state index in [1.807, 2.05) is 16.8 Å². The van der Waals surface area contributed by atoms with Crippen LogP contribution in [-0.4, -0.2) is 52.1 Å². The molecule has 3 rings (SSSR count). The van der Waals surface area contributed by atoms with Gasteiger partial charge in [-0.3, -0.25) is 4.79 Å². The molecule has 2 saturated heterocycles. The van der Waals surface area contributed by atoms with Gasteiger partial charge >= 0.3 is 12.0 Å². The Morgan fingerprint density at radius 1 is 1.14 bits per heavy atom. The third-order valence-electron chi connectivity index (χ3n) is 5.83. The highest BCUT2D eigenvalue weighted by atomic mass is 16.4. The maximum Gasteiger partial charge on any atom is 0.320 e. The number of carbonyl (C=O) groups is 2. The number of fused-ring (bicyclic) bond motifs is 2. The molecule has 21 heavy (non-hydrogen) atoms. The smallest absolute Gasteiger partial charge is 0.320 e. The van der Waals surface area contributed by atoms with Crippen molar-refractivity contribution in [3.63, 3.8) is 0 Å². The third-order valence-corrected chi connectivity index (χ3v) is 5.83. The zero-order valence-electron chi connectivity index (χ0n) is 13.0. The van der Waals surface area contributed by atoms with Gasteiger partial charge in [0.2, 0.25) is 0 Å². The minimum absolute atomic E-state index is 0.0605. The standard InChI is InChI=1S/C16H26N2O3/c1-10-4-3-5-11(8-10)17(2)16(21)18-12-6-7-14(18)13(9-12)15(19)20/h10-14H,3-9H2,1-2H3,(H,19,20). The largest absolute Gasteiger partial charge is 0.481 e. The van der Waals surface area contributed by atoms with E-state index in [9.17, 15) is 14.7 Å². The molecule has 0 radical (unpaired) electrons. The molecule has 0 aromatic carbocycles. The van der Waals surface area contributed by atoms with Gasteiger partial charge in [0.15, 0.2) is 0 Å². The second-order valence-electron chi connectivity index (χ2n) is 7.21. The summed E-state index contributed by atoms with van der Waals surface area (Å²) in [4.78, 5) is 27.9. The zero-order chi connectivity index (χ0) is 15.1. The molecule has 118 valence electrons. The van der Waals surface area contributed by atoms with E-state index in [1.165, 1.54) is 12.8 Å². The molecular formula is C16H26N2O3. The van der Waals surface area contributed by atoms with Gasteiger partial charge < -0.3 is 14.9 Å². The number of hydrogen-bond donors (Lipinski definition) is 1. The normalized spacial score (nSPS) is 38.6. The van der Waals surface area contributed by atoms with Crippen LogP contribution < -0.4 is 0 Å². The van der Waals surface area contributed by atoms with Gasteiger partial charge in [0.05, 0.1) is 5.92 Å². The van der Waals surface area contributed by atoms with E-state index in [1.54, 1.807) is 0 Å². The summed E-state index contributed by atoms with van der Waals surface area (Å²) in [6.45, 7) is 2.25. The monoisotopic (exact) mass is 294 g/mol. The first kappa shape index (κ1) is 14.7. The first-order valence-electron chi connectivity index (χ1n) is 8.27. The lowest BCUT2D eigenvalue weighted by Crippen LogP contribution is -2.49. The average Bonchev–Trinajstić information content (AvgIpc) is 3.03. The van der Waals surface area contributed by atoms with Crippen molar-refractivity contribution in [1.82, 2.24) is 9.80 Å². The van der Waals surface area contributed by atoms with Crippen LogP contribution in [0.3, 0.4) is 0 Å². The molecule has 1 N–H and O–H groups in total. The minimum atomic E-state index is -0.742. The Bertz CT molecular complexity index is 439. The van der Waals surface area contributed by atoms with Crippen molar-refractivity contribution in [3.8, 4) is 0 Å². The van der Waals surface area contributed by atoms with Crippen LogP contribution in [-0.2, 0) is 4.79 Å². The fraction of sp³-hybridized carbons (Fsp3) is 0.875. The lowest BCUT2D eigenvalue weighted by atomic mass is 9.86. The molecule has 0 aromatic heterocycles. The highest BCUT2D eigenvalue weighted by molar-refractivity contribution is 5.79. The molecule has 3 aliphatic rings. The Hall–Kier alpha value is -1.26. The SMILES string of the molecule is CC1CCCC(N(C)C(=O)N2C3CCC2C(C(=O)O)C3)C1. The van der Waals surface area contributed by atoms with E-state index in [4.69, 9.17) is 0 Å². The van der Waals surface area contributed by atoms with Crippen molar-refractivity contribution in [1.29, 1.82) is 0 Å². The highest BCUT2D eigenvalue weighted by Crippen LogP contribution is 2.42. The van der Waals surface area contributed by atoms with Crippen molar-refractivity contribution < 1.29 is 14.7 Å². The Morgan fingerprint density at radius 2 is 1.90 bits per heavy atom. The molecule has 2 heterocycles. The number of rotatable bonds is 2. The second kappa shape index (κ2) is 5.50. The van der Waals surface area contributed by atoms with Crippen molar-refractivity contribution in [2.75, 3.05) is 7.05 Å². The number of urea groups is 1. The molecule has 2 amide bonds. The lowest BCUT2D eigenvalue weighted by molar-refractivity contribution is -0.142. The van der Waals surface area contributed by atoms with E-state index in [-0.39, 0.29) is 24.0 Å². The van der Waals surface area contributed by atoms with Gasteiger partial charge in [0.1, 0.15) is 0 Å². The quantitative estimate of drug-likeness (QED) is 0.851. The summed E-state index contributed by atoms with van der Waals surface area (Å²) >= 11 is 0. The number of nitrogens with zero attached hydrogens (tertiary/aromatic N) is 2. The molecule has 2 bridgehead atoms. The number of hydrogen-bond acceptors (Lipinski definition) is 2. The Balaban J connectivity index is 1.69. The van der Waals surface area contributed by atoms with Crippen LogP contribution in [0.25, 0.3) is 0 Å². The molecule has 3 fully saturated rings. The summed E-state index contributed by atoms with van der Waals surface area (Å²) in [5, 5.41) is 9.31. The van der Waals surface area contributed by atoms with E-state index in [0.29, 0.717) is 18.4 Å². The van der Waals surface area contributed by atoms with Crippen molar-refractivity contribution >= 4 is 12.0 Å². The fourth-order valence-electron chi connectivity index (χ4n) is 4.64. The topological polar surface area (TPSA) is 60.9 Å². The van der Waals surface area contributed by atoms with Crippen LogP contribution >= 0.6 is 0 Å². The van der Waals surface area contributed by atoms with Gasteiger partial charge in [-0.1, -0.05) is 19.8 Å². The van der Waals surface area contributed by atoms with Crippen LogP contribution in [0.2, 0.25) is 0 Å². The van der Waals surface area contributed by atoms with Gasteiger partial charge in [0, 0.05) is 25.2 Å². The molecule has 5 nitrogen and oxygen atoms in total. The van der Waals surface area contributed by atoms with Crippen molar-refractivity contribution in [2.45, 2.75) is 70.0 Å². The van der Waals surface area contributed by atoms with Crippen molar-refractivity contribution in [2.24, 2.45) is 11.8 Å². The summed E-state index contributed by atoms with van der Waals surface area (Å²) in [5.41, 5.74) is 0. The molecule has 5 atom stereocenters.